The second-order valence-corrected chi connectivity index (χ2v) is 5.31. The van der Waals surface area contributed by atoms with Crippen molar-refractivity contribution in [2.75, 3.05) is 23.9 Å². The number of carbonyl (C=O) groups excluding carboxylic acids is 2. The number of nitrogens with one attached hydrogen (secondary N) is 1. The summed E-state index contributed by atoms with van der Waals surface area (Å²) in [5.74, 6) is 0.591. The number of methoxy groups -OCH3 is 1. The molecule has 0 bridgehead atoms. The Hall–Kier alpha value is -2.89. The minimum absolute atomic E-state index is 0.0589. The van der Waals surface area contributed by atoms with Crippen LogP contribution in [0.5, 0.6) is 5.75 Å². The summed E-state index contributed by atoms with van der Waals surface area (Å²) < 4.78 is 5.11. The van der Waals surface area contributed by atoms with Gasteiger partial charge < -0.3 is 15.0 Å². The van der Waals surface area contributed by atoms with Gasteiger partial charge in [0.25, 0.3) is 0 Å². The molecule has 1 aromatic carbocycles. The van der Waals surface area contributed by atoms with Gasteiger partial charge in [0.2, 0.25) is 11.8 Å². The Balaban J connectivity index is 1.67. The average Bonchev–Trinajstić information content (AvgIpc) is 2.98. The maximum Gasteiger partial charge on any atom is 0.230 e. The molecule has 3 rings (SSSR count). The van der Waals surface area contributed by atoms with Crippen molar-refractivity contribution in [2.45, 2.75) is 6.42 Å². The van der Waals surface area contributed by atoms with Crippen LogP contribution in [0.15, 0.2) is 48.7 Å². The highest BCUT2D eigenvalue weighted by Crippen LogP contribution is 2.27. The van der Waals surface area contributed by atoms with Crippen molar-refractivity contribution < 1.29 is 14.3 Å². The highest BCUT2D eigenvalue weighted by atomic mass is 16.5. The molecule has 2 aromatic rings. The van der Waals surface area contributed by atoms with E-state index in [-0.39, 0.29) is 24.2 Å². The fourth-order valence-corrected chi connectivity index (χ4v) is 2.56. The van der Waals surface area contributed by atoms with E-state index in [1.165, 1.54) is 0 Å². The molecule has 0 spiro atoms. The summed E-state index contributed by atoms with van der Waals surface area (Å²) in [6.45, 7) is 0.365. The Bertz CT molecular complexity index is 701. The first-order valence-corrected chi connectivity index (χ1v) is 7.33. The second-order valence-electron chi connectivity index (χ2n) is 5.31. The van der Waals surface area contributed by atoms with Gasteiger partial charge in [-0.25, -0.2) is 4.98 Å². The molecule has 118 valence electrons. The summed E-state index contributed by atoms with van der Waals surface area (Å²) in [5, 5.41) is 2.75. The smallest absolute Gasteiger partial charge is 0.230 e. The molecule has 23 heavy (non-hydrogen) atoms. The van der Waals surface area contributed by atoms with Gasteiger partial charge in [-0.3, -0.25) is 9.59 Å². The third-order valence-corrected chi connectivity index (χ3v) is 3.80. The zero-order valence-corrected chi connectivity index (χ0v) is 12.7. The van der Waals surface area contributed by atoms with Crippen molar-refractivity contribution in [3.63, 3.8) is 0 Å². The van der Waals surface area contributed by atoms with Crippen LogP contribution in [0.2, 0.25) is 0 Å². The van der Waals surface area contributed by atoms with Gasteiger partial charge in [0.1, 0.15) is 11.6 Å². The first kappa shape index (κ1) is 15.0. The lowest BCUT2D eigenvalue weighted by atomic mass is 10.1. The number of anilines is 2. The van der Waals surface area contributed by atoms with Crippen LogP contribution >= 0.6 is 0 Å². The highest BCUT2D eigenvalue weighted by molar-refractivity contribution is 6.03. The predicted octanol–water partition coefficient (Wildman–Crippen LogP) is 2.08. The summed E-state index contributed by atoms with van der Waals surface area (Å²) >= 11 is 0. The number of nitrogens with zero attached hydrogens (tertiary/aromatic N) is 2. The third-order valence-electron chi connectivity index (χ3n) is 3.80. The van der Waals surface area contributed by atoms with Gasteiger partial charge in [-0.1, -0.05) is 6.07 Å². The average molecular weight is 311 g/mol. The molecular formula is C17H17N3O3. The lowest BCUT2D eigenvalue weighted by molar-refractivity contribution is -0.122. The molecule has 2 heterocycles. The van der Waals surface area contributed by atoms with Crippen LogP contribution in [-0.4, -0.2) is 30.5 Å². The Kier molecular flexibility index (Phi) is 4.23. The maximum atomic E-state index is 12.3. The van der Waals surface area contributed by atoms with Crippen molar-refractivity contribution in [3.8, 4) is 5.75 Å². The minimum Gasteiger partial charge on any atom is -0.497 e. The number of ether oxygens (including phenoxy) is 1. The zero-order chi connectivity index (χ0) is 16.2. The van der Waals surface area contributed by atoms with Crippen molar-refractivity contribution in [1.29, 1.82) is 0 Å². The van der Waals surface area contributed by atoms with Crippen LogP contribution in [0.25, 0.3) is 0 Å². The molecule has 6 heteroatoms. The summed E-state index contributed by atoms with van der Waals surface area (Å²) in [5.41, 5.74) is 0.768. The summed E-state index contributed by atoms with van der Waals surface area (Å²) in [6, 6.07) is 12.5. The molecule has 1 aromatic heterocycles. The van der Waals surface area contributed by atoms with Crippen LogP contribution in [0, 0.1) is 5.92 Å². The van der Waals surface area contributed by atoms with E-state index in [1.54, 1.807) is 48.5 Å². The fourth-order valence-electron chi connectivity index (χ4n) is 2.56. The minimum atomic E-state index is -0.383. The number of carbonyl (C=O) groups is 2. The molecule has 1 aliphatic heterocycles. The molecule has 1 atom stereocenters. The number of aromatic nitrogens is 1. The molecule has 0 saturated carbocycles. The van der Waals surface area contributed by atoms with Gasteiger partial charge in [0.05, 0.1) is 13.0 Å². The van der Waals surface area contributed by atoms with Crippen LogP contribution in [0.1, 0.15) is 6.42 Å². The fraction of sp³-hybridized carbons (Fsp3) is 0.235. The zero-order valence-electron chi connectivity index (χ0n) is 12.7. The third kappa shape index (κ3) is 3.31. The van der Waals surface area contributed by atoms with E-state index in [9.17, 15) is 9.59 Å². The van der Waals surface area contributed by atoms with Gasteiger partial charge in [-0.15, -0.1) is 0 Å². The Morgan fingerprint density at radius 2 is 2.04 bits per heavy atom. The molecule has 1 saturated heterocycles. The van der Waals surface area contributed by atoms with Gasteiger partial charge in [0, 0.05) is 24.8 Å². The van der Waals surface area contributed by atoms with E-state index < -0.39 is 0 Å². The number of rotatable bonds is 4. The molecule has 6 nitrogen and oxygen atoms in total. The van der Waals surface area contributed by atoms with E-state index in [1.807, 2.05) is 12.1 Å². The largest absolute Gasteiger partial charge is 0.497 e. The summed E-state index contributed by atoms with van der Waals surface area (Å²) in [7, 11) is 1.59. The monoisotopic (exact) mass is 311 g/mol. The Morgan fingerprint density at radius 1 is 1.26 bits per heavy atom. The molecule has 2 amide bonds. The van der Waals surface area contributed by atoms with Crippen LogP contribution in [0.3, 0.4) is 0 Å². The SMILES string of the molecule is COc1ccc(N2CC(C(=O)Nc3ccccn3)CC2=O)cc1. The molecule has 1 aliphatic rings. The number of hydrogen-bond acceptors (Lipinski definition) is 4. The van der Waals surface area contributed by atoms with Crippen molar-refractivity contribution in [1.82, 2.24) is 4.98 Å². The summed E-state index contributed by atoms with van der Waals surface area (Å²) in [4.78, 5) is 30.2. The first-order chi connectivity index (χ1) is 11.2. The van der Waals surface area contributed by atoms with E-state index in [0.717, 1.165) is 11.4 Å². The van der Waals surface area contributed by atoms with E-state index in [0.29, 0.717) is 12.4 Å². The quantitative estimate of drug-likeness (QED) is 0.938. The highest BCUT2D eigenvalue weighted by Gasteiger charge is 2.35. The number of amides is 2. The molecule has 1 unspecified atom stereocenters. The van der Waals surface area contributed by atoms with Gasteiger partial charge in [-0.05, 0) is 36.4 Å². The number of pyridine rings is 1. The summed E-state index contributed by atoms with van der Waals surface area (Å²) in [6.07, 6.45) is 1.81. The topological polar surface area (TPSA) is 71.5 Å². The lowest BCUT2D eigenvalue weighted by Gasteiger charge is -2.17. The van der Waals surface area contributed by atoms with Gasteiger partial charge in [-0.2, -0.15) is 0 Å². The predicted molar refractivity (Wildman–Crippen MR) is 86.3 cm³/mol. The van der Waals surface area contributed by atoms with Crippen molar-refractivity contribution >= 4 is 23.3 Å². The van der Waals surface area contributed by atoms with E-state index in [2.05, 4.69) is 10.3 Å². The molecule has 0 radical (unpaired) electrons. The van der Waals surface area contributed by atoms with E-state index in [4.69, 9.17) is 4.74 Å². The molecule has 0 aliphatic carbocycles. The van der Waals surface area contributed by atoms with Gasteiger partial charge in [0.15, 0.2) is 0 Å². The van der Waals surface area contributed by atoms with E-state index >= 15 is 0 Å². The maximum absolute atomic E-state index is 12.3. The van der Waals surface area contributed by atoms with Crippen LogP contribution < -0.4 is 15.0 Å². The molecule has 1 fully saturated rings. The van der Waals surface area contributed by atoms with Crippen LogP contribution in [0.4, 0.5) is 11.5 Å². The number of benzene rings is 1. The molecular weight excluding hydrogens is 294 g/mol. The molecule has 1 N–H and O–H groups in total. The van der Waals surface area contributed by atoms with Crippen molar-refractivity contribution in [2.24, 2.45) is 5.92 Å². The van der Waals surface area contributed by atoms with Crippen LogP contribution in [-0.2, 0) is 9.59 Å². The standard InChI is InChI=1S/C17H17N3O3/c1-23-14-7-5-13(6-8-14)20-11-12(10-16(20)21)17(22)19-15-4-2-3-9-18-15/h2-9,12H,10-11H2,1H3,(H,18,19,22). The normalized spacial score (nSPS) is 17.2. The Morgan fingerprint density at radius 3 is 2.70 bits per heavy atom. The second kappa shape index (κ2) is 6.48. The lowest BCUT2D eigenvalue weighted by Crippen LogP contribution is -2.28. The van der Waals surface area contributed by atoms with Crippen molar-refractivity contribution in [3.05, 3.63) is 48.7 Å². The Labute approximate surface area is 134 Å². The first-order valence-electron chi connectivity index (χ1n) is 7.33. The van der Waals surface area contributed by atoms with Gasteiger partial charge >= 0.3 is 0 Å². The number of hydrogen-bond donors (Lipinski definition) is 1.